The number of nitrogens with zero attached hydrogens (tertiary/aromatic N) is 2. The molecule has 0 fully saturated rings. The highest BCUT2D eigenvalue weighted by molar-refractivity contribution is 7.85. The van der Waals surface area contributed by atoms with Gasteiger partial charge in [-0.05, 0) is 35.4 Å². The summed E-state index contributed by atoms with van der Waals surface area (Å²) in [6.07, 6.45) is 1.46. The van der Waals surface area contributed by atoms with Crippen LogP contribution in [-0.4, -0.2) is 31.8 Å². The van der Waals surface area contributed by atoms with Crippen LogP contribution in [-0.2, 0) is 26.1 Å². The highest BCUT2D eigenvalue weighted by Gasteiger charge is 2.33. The van der Waals surface area contributed by atoms with Gasteiger partial charge in [0.25, 0.3) is 21.0 Å². The molecular formula is C23H18ClN2O7S3+. The first kappa shape index (κ1) is 24.7. The van der Waals surface area contributed by atoms with Gasteiger partial charge in [0.05, 0.1) is 11.8 Å². The summed E-state index contributed by atoms with van der Waals surface area (Å²) in [7, 11) is -8.91. The Hall–Kier alpha value is -3.00. The lowest BCUT2D eigenvalue weighted by Crippen LogP contribution is -2.39. The summed E-state index contributed by atoms with van der Waals surface area (Å²) in [5.74, 6) is -1.14. The molecule has 9 nitrogen and oxygen atoms in total. The van der Waals surface area contributed by atoms with Crippen molar-refractivity contribution in [1.82, 2.24) is 0 Å². The van der Waals surface area contributed by atoms with Crippen molar-refractivity contribution in [3.8, 4) is 16.9 Å². The zero-order chi connectivity index (χ0) is 25.7. The molecule has 0 bridgehead atoms. The van der Waals surface area contributed by atoms with Crippen LogP contribution in [0.1, 0.15) is 5.01 Å². The molecule has 0 unspecified atom stereocenters. The SMILES string of the molecule is O=S(=O)(O)CN1C(=Cc2sc3ccc(Cl)cc3[n+]2CS(=O)(=O)O)Oc2ccc(-c3ccccc3)cc21. The summed E-state index contributed by atoms with van der Waals surface area (Å²) < 4.78 is 74.4. The van der Waals surface area contributed by atoms with Crippen LogP contribution in [0, 0.1) is 0 Å². The van der Waals surface area contributed by atoms with Crippen LogP contribution in [0.25, 0.3) is 27.4 Å². The second-order valence-corrected chi connectivity index (χ2v) is 12.3. The van der Waals surface area contributed by atoms with Crippen molar-refractivity contribution in [3.05, 3.63) is 82.6 Å². The number of thiazole rings is 1. The Morgan fingerprint density at radius 3 is 2.39 bits per heavy atom. The monoisotopic (exact) mass is 565 g/mol. The Morgan fingerprint density at radius 1 is 0.944 bits per heavy atom. The lowest BCUT2D eigenvalue weighted by Gasteiger charge is -2.16. The second kappa shape index (κ2) is 9.14. The summed E-state index contributed by atoms with van der Waals surface area (Å²) in [4.78, 5) is 1.28. The molecule has 3 aromatic carbocycles. The number of benzene rings is 3. The Morgan fingerprint density at radius 2 is 1.69 bits per heavy atom. The third-order valence-electron chi connectivity index (χ3n) is 5.36. The van der Waals surface area contributed by atoms with Crippen molar-refractivity contribution in [2.45, 2.75) is 5.88 Å². The average Bonchev–Trinajstić information content (AvgIpc) is 3.29. The Bertz CT molecular complexity index is 1730. The van der Waals surface area contributed by atoms with Gasteiger partial charge in [0.1, 0.15) is 4.70 Å². The minimum absolute atomic E-state index is 0.0505. The van der Waals surface area contributed by atoms with Gasteiger partial charge in [0, 0.05) is 11.1 Å². The zero-order valence-electron chi connectivity index (χ0n) is 18.3. The number of aromatic nitrogens is 1. The summed E-state index contributed by atoms with van der Waals surface area (Å²) >= 11 is 7.29. The molecular weight excluding hydrogens is 548 g/mol. The van der Waals surface area contributed by atoms with E-state index in [4.69, 9.17) is 16.3 Å². The molecule has 0 aliphatic carbocycles. The number of anilines is 1. The number of fused-ring (bicyclic) bond motifs is 2. The van der Waals surface area contributed by atoms with Gasteiger partial charge in [-0.3, -0.25) is 14.0 Å². The fourth-order valence-electron chi connectivity index (χ4n) is 3.90. The quantitative estimate of drug-likeness (QED) is 0.260. The van der Waals surface area contributed by atoms with E-state index in [1.807, 2.05) is 36.4 Å². The first-order valence-corrected chi connectivity index (χ1v) is 14.8. The topological polar surface area (TPSA) is 125 Å². The number of rotatable bonds is 6. The Balaban J connectivity index is 1.65. The van der Waals surface area contributed by atoms with Gasteiger partial charge in [-0.15, -0.1) is 0 Å². The molecule has 0 radical (unpaired) electrons. The van der Waals surface area contributed by atoms with Crippen LogP contribution in [0.15, 0.2) is 72.6 Å². The molecule has 186 valence electrons. The molecule has 1 aliphatic heterocycles. The summed E-state index contributed by atoms with van der Waals surface area (Å²) in [5, 5.41) is 0.714. The van der Waals surface area contributed by atoms with Gasteiger partial charge >= 0.3 is 10.1 Å². The zero-order valence-corrected chi connectivity index (χ0v) is 21.5. The molecule has 1 aliphatic rings. The molecule has 5 rings (SSSR count). The molecule has 36 heavy (non-hydrogen) atoms. The third kappa shape index (κ3) is 5.24. The van der Waals surface area contributed by atoms with Gasteiger partial charge in [0.15, 0.2) is 11.6 Å². The van der Waals surface area contributed by atoms with Gasteiger partial charge < -0.3 is 4.74 Å². The van der Waals surface area contributed by atoms with Crippen LogP contribution in [0.5, 0.6) is 5.75 Å². The Kier molecular flexibility index (Phi) is 6.27. The van der Waals surface area contributed by atoms with E-state index in [9.17, 15) is 25.9 Å². The fourth-order valence-corrected chi connectivity index (χ4v) is 6.41. The molecule has 0 spiro atoms. The highest BCUT2D eigenvalue weighted by atomic mass is 35.5. The molecule has 13 heteroatoms. The molecule has 2 heterocycles. The largest absolute Gasteiger partial charge is 0.438 e. The molecule has 0 saturated carbocycles. The predicted octanol–water partition coefficient (Wildman–Crippen LogP) is 4.40. The van der Waals surface area contributed by atoms with Crippen LogP contribution in [0.4, 0.5) is 5.69 Å². The molecule has 4 aromatic rings. The predicted molar refractivity (Wildman–Crippen MR) is 138 cm³/mol. The van der Waals surface area contributed by atoms with E-state index in [-0.39, 0.29) is 5.88 Å². The second-order valence-electron chi connectivity index (χ2n) is 7.96. The first-order valence-electron chi connectivity index (χ1n) is 10.4. The number of hydrogen-bond acceptors (Lipinski definition) is 7. The van der Waals surface area contributed by atoms with E-state index in [0.29, 0.717) is 31.7 Å². The molecule has 0 atom stereocenters. The van der Waals surface area contributed by atoms with E-state index in [1.165, 1.54) is 26.9 Å². The molecule has 2 N–H and O–H groups in total. The molecule has 1 aromatic heterocycles. The fraction of sp³-hybridized carbons (Fsp3) is 0.0870. The maximum absolute atomic E-state index is 11.9. The van der Waals surface area contributed by atoms with Crippen molar-refractivity contribution in [2.75, 3.05) is 10.8 Å². The highest BCUT2D eigenvalue weighted by Crippen LogP contribution is 2.42. The number of ether oxygens (including phenoxy) is 1. The number of hydrogen-bond donors (Lipinski definition) is 2. The third-order valence-corrected chi connectivity index (χ3v) is 7.88. The van der Waals surface area contributed by atoms with Gasteiger partial charge in [-0.25, -0.2) is 0 Å². The lowest BCUT2D eigenvalue weighted by atomic mass is 10.0. The van der Waals surface area contributed by atoms with Crippen molar-refractivity contribution < 1.29 is 35.2 Å². The smallest absolute Gasteiger partial charge is 0.326 e. The van der Waals surface area contributed by atoms with E-state index in [2.05, 4.69) is 0 Å². The standard InChI is InChI=1S/C23H17ClN2O7S3/c24-17-7-9-21-19(11-17)26(14-36(30,31)32)23(34-21)12-22-25(13-35(27,28)29)18-10-16(6-8-20(18)33-22)15-4-2-1-3-5-15/h1-12H,13-14H2,(H-,27,28,29,30,31,32)/p+1. The van der Waals surface area contributed by atoms with Gasteiger partial charge in [-0.1, -0.05) is 59.3 Å². The Labute approximate surface area is 215 Å². The molecule has 0 amide bonds. The summed E-state index contributed by atoms with van der Waals surface area (Å²) in [6.45, 7) is 0. The lowest BCUT2D eigenvalue weighted by molar-refractivity contribution is -0.649. The van der Waals surface area contributed by atoms with Crippen molar-refractivity contribution in [3.63, 3.8) is 0 Å². The van der Waals surface area contributed by atoms with E-state index in [1.54, 1.807) is 30.3 Å². The minimum atomic E-state index is -4.47. The normalized spacial score (nSPS) is 14.9. The van der Waals surface area contributed by atoms with Crippen molar-refractivity contribution in [2.24, 2.45) is 0 Å². The van der Waals surface area contributed by atoms with Crippen LogP contribution in [0.3, 0.4) is 0 Å². The van der Waals surface area contributed by atoms with E-state index < -0.39 is 32.0 Å². The van der Waals surface area contributed by atoms with Crippen LogP contribution >= 0.6 is 22.9 Å². The van der Waals surface area contributed by atoms with Gasteiger partial charge in [0.2, 0.25) is 11.4 Å². The molecule has 0 saturated heterocycles. The average molecular weight is 566 g/mol. The van der Waals surface area contributed by atoms with E-state index in [0.717, 1.165) is 11.1 Å². The summed E-state index contributed by atoms with van der Waals surface area (Å²) in [5.41, 5.74) is 2.57. The van der Waals surface area contributed by atoms with Crippen molar-refractivity contribution in [1.29, 1.82) is 0 Å². The number of halogens is 1. The maximum atomic E-state index is 11.9. The maximum Gasteiger partial charge on any atom is 0.326 e. The van der Waals surface area contributed by atoms with Crippen LogP contribution in [0.2, 0.25) is 5.02 Å². The summed E-state index contributed by atoms with van der Waals surface area (Å²) in [6, 6.07) is 19.6. The van der Waals surface area contributed by atoms with Crippen molar-refractivity contribution >= 4 is 65.2 Å². The van der Waals surface area contributed by atoms with Crippen LogP contribution < -0.4 is 14.2 Å². The van der Waals surface area contributed by atoms with E-state index >= 15 is 0 Å². The minimum Gasteiger partial charge on any atom is -0.438 e. The van der Waals surface area contributed by atoms with Gasteiger partial charge in [-0.2, -0.15) is 21.4 Å². The first-order chi connectivity index (χ1) is 17.0.